The van der Waals surface area contributed by atoms with Crippen LogP contribution in [0.1, 0.15) is 40.2 Å². The minimum Gasteiger partial charge on any atom is -0.450 e. The van der Waals surface area contributed by atoms with Crippen LogP contribution in [0.4, 0.5) is 0 Å². The summed E-state index contributed by atoms with van der Waals surface area (Å²) in [5.74, 6) is -0.290. The van der Waals surface area contributed by atoms with Crippen LogP contribution in [0.25, 0.3) is 0 Å². The lowest BCUT2D eigenvalue weighted by Gasteiger charge is -2.38. The fraction of sp³-hybridized carbons (Fsp3) is 0.571. The molecule has 0 saturated carbocycles. The lowest BCUT2D eigenvalue weighted by molar-refractivity contribution is -0.143. The second-order valence-corrected chi connectivity index (χ2v) is 13.9. The van der Waals surface area contributed by atoms with Crippen LogP contribution in [0, 0.1) is 0 Å². The smallest absolute Gasteiger partial charge is 0.333 e. The van der Waals surface area contributed by atoms with Crippen molar-refractivity contribution >= 4 is 14.3 Å². The van der Waals surface area contributed by atoms with E-state index in [1.807, 2.05) is 32.0 Å². The molecule has 1 heterocycles. The summed E-state index contributed by atoms with van der Waals surface area (Å²) in [5.41, 5.74) is 1.44. The molecule has 1 aliphatic rings. The molecule has 0 aromatic heterocycles. The van der Waals surface area contributed by atoms with Gasteiger partial charge in [0.25, 0.3) is 0 Å². The van der Waals surface area contributed by atoms with Crippen molar-refractivity contribution in [3.63, 3.8) is 0 Å². The zero-order valence-corrected chi connectivity index (χ0v) is 18.2. The van der Waals surface area contributed by atoms with Crippen molar-refractivity contribution in [1.29, 1.82) is 0 Å². The first kappa shape index (κ1) is 20.7. The first-order valence-electron chi connectivity index (χ1n) is 9.30. The lowest BCUT2D eigenvalue weighted by atomic mass is 10.0. The van der Waals surface area contributed by atoms with Gasteiger partial charge in [0, 0.05) is 6.08 Å². The average molecular weight is 376 g/mol. The molecule has 1 N–H and O–H groups in total. The van der Waals surface area contributed by atoms with Gasteiger partial charge in [0.05, 0.1) is 18.3 Å². The van der Waals surface area contributed by atoms with E-state index in [0.29, 0.717) is 6.61 Å². The third-order valence-electron chi connectivity index (χ3n) is 5.40. The number of carbonyl (C=O) groups excluding carboxylic acids is 1. The van der Waals surface area contributed by atoms with Crippen LogP contribution >= 0.6 is 0 Å². The lowest BCUT2D eigenvalue weighted by Crippen LogP contribution is -2.47. The highest BCUT2D eigenvalue weighted by molar-refractivity contribution is 6.74. The van der Waals surface area contributed by atoms with E-state index in [1.54, 1.807) is 6.08 Å². The SMILES string of the molecule is CC1(C)OC(=O)C=C1N[C@@H](CO[Si](C)(C)C(C)(C)C)Cc1ccccc1. The van der Waals surface area contributed by atoms with Crippen LogP contribution in [-0.4, -0.2) is 32.5 Å². The molecule has 1 atom stereocenters. The number of carbonyl (C=O) groups is 1. The molecule has 1 aromatic rings. The minimum absolute atomic E-state index is 0.0755. The van der Waals surface area contributed by atoms with Crippen LogP contribution in [0.2, 0.25) is 18.1 Å². The van der Waals surface area contributed by atoms with Gasteiger partial charge in [0.15, 0.2) is 8.32 Å². The van der Waals surface area contributed by atoms with Crippen molar-refractivity contribution in [2.45, 2.75) is 70.8 Å². The van der Waals surface area contributed by atoms with E-state index < -0.39 is 13.9 Å². The quantitative estimate of drug-likeness (QED) is 0.566. The van der Waals surface area contributed by atoms with Gasteiger partial charge in [-0.1, -0.05) is 51.1 Å². The molecule has 0 spiro atoms. The van der Waals surface area contributed by atoms with Gasteiger partial charge in [-0.15, -0.1) is 0 Å². The van der Waals surface area contributed by atoms with Crippen molar-refractivity contribution in [1.82, 2.24) is 5.32 Å². The Labute approximate surface area is 159 Å². The fourth-order valence-electron chi connectivity index (χ4n) is 2.64. The predicted octanol–water partition coefficient (Wildman–Crippen LogP) is 4.43. The molecular formula is C21H33NO3Si. The number of nitrogens with one attached hydrogen (secondary N) is 1. The molecule has 2 rings (SSSR count). The van der Waals surface area contributed by atoms with Gasteiger partial charge in [0.2, 0.25) is 0 Å². The van der Waals surface area contributed by atoms with Gasteiger partial charge in [-0.2, -0.15) is 0 Å². The van der Waals surface area contributed by atoms with Gasteiger partial charge >= 0.3 is 5.97 Å². The van der Waals surface area contributed by atoms with Gasteiger partial charge in [-0.05, 0) is 44.0 Å². The van der Waals surface area contributed by atoms with Crippen LogP contribution in [0.3, 0.4) is 0 Å². The zero-order valence-electron chi connectivity index (χ0n) is 17.2. The zero-order chi connectivity index (χ0) is 19.6. The number of hydrogen-bond acceptors (Lipinski definition) is 4. The third kappa shape index (κ3) is 5.21. The van der Waals surface area contributed by atoms with E-state index in [1.165, 1.54) is 5.56 Å². The Balaban J connectivity index is 2.14. The highest BCUT2D eigenvalue weighted by Gasteiger charge is 2.39. The van der Waals surface area contributed by atoms with Crippen molar-refractivity contribution in [3.8, 4) is 0 Å². The van der Waals surface area contributed by atoms with Crippen molar-refractivity contribution in [3.05, 3.63) is 47.7 Å². The van der Waals surface area contributed by atoms with E-state index in [-0.39, 0.29) is 17.0 Å². The van der Waals surface area contributed by atoms with E-state index in [4.69, 9.17) is 9.16 Å². The molecule has 0 radical (unpaired) electrons. The Kier molecular flexibility index (Phi) is 6.03. The van der Waals surface area contributed by atoms with Gasteiger partial charge < -0.3 is 14.5 Å². The maximum atomic E-state index is 11.7. The van der Waals surface area contributed by atoms with E-state index in [0.717, 1.165) is 12.1 Å². The second-order valence-electron chi connectivity index (χ2n) is 9.09. The summed E-state index contributed by atoms with van der Waals surface area (Å²) < 4.78 is 11.8. The summed E-state index contributed by atoms with van der Waals surface area (Å²) in [6, 6.07) is 10.4. The molecular weight excluding hydrogens is 342 g/mol. The van der Waals surface area contributed by atoms with Crippen LogP contribution in [-0.2, 0) is 20.4 Å². The number of cyclic esters (lactones) is 1. The number of benzene rings is 1. The number of ether oxygens (including phenoxy) is 1. The Morgan fingerprint density at radius 3 is 2.31 bits per heavy atom. The summed E-state index contributed by atoms with van der Waals surface area (Å²) in [7, 11) is -1.85. The van der Waals surface area contributed by atoms with Crippen LogP contribution in [0.15, 0.2) is 42.1 Å². The van der Waals surface area contributed by atoms with Gasteiger partial charge in [-0.3, -0.25) is 0 Å². The molecule has 1 aromatic carbocycles. The summed E-state index contributed by atoms with van der Waals surface area (Å²) in [6.45, 7) is 15.7. The second kappa shape index (κ2) is 7.57. The molecule has 0 bridgehead atoms. The molecule has 26 heavy (non-hydrogen) atoms. The standard InChI is InChI=1S/C21H33NO3Si/c1-20(2,3)26(6,7)24-15-17(13-16-11-9-8-10-12-16)22-18-14-19(23)25-21(18,4)5/h8-12,14,17,22H,13,15H2,1-7H3/t17-/m1/s1. The Morgan fingerprint density at radius 1 is 1.19 bits per heavy atom. The molecule has 0 saturated heterocycles. The van der Waals surface area contributed by atoms with Crippen LogP contribution < -0.4 is 5.32 Å². The highest BCUT2D eigenvalue weighted by atomic mass is 28.4. The van der Waals surface area contributed by atoms with E-state index in [9.17, 15) is 4.79 Å². The summed E-state index contributed by atoms with van der Waals surface area (Å²) in [5, 5.41) is 3.68. The first-order valence-corrected chi connectivity index (χ1v) is 12.2. The highest BCUT2D eigenvalue weighted by Crippen LogP contribution is 2.36. The minimum atomic E-state index is -1.85. The fourth-order valence-corrected chi connectivity index (χ4v) is 3.69. The maximum Gasteiger partial charge on any atom is 0.333 e. The Bertz CT molecular complexity index is 660. The predicted molar refractivity (Wildman–Crippen MR) is 108 cm³/mol. The number of esters is 1. The topological polar surface area (TPSA) is 47.6 Å². The summed E-state index contributed by atoms with van der Waals surface area (Å²) >= 11 is 0. The number of hydrogen-bond donors (Lipinski definition) is 1. The van der Waals surface area contributed by atoms with Crippen LogP contribution in [0.5, 0.6) is 0 Å². The molecule has 0 fully saturated rings. The average Bonchev–Trinajstić information content (AvgIpc) is 2.76. The van der Waals surface area contributed by atoms with Crippen molar-refractivity contribution in [2.24, 2.45) is 0 Å². The van der Waals surface area contributed by atoms with Crippen molar-refractivity contribution in [2.75, 3.05) is 6.61 Å². The van der Waals surface area contributed by atoms with E-state index >= 15 is 0 Å². The molecule has 0 unspecified atom stereocenters. The Morgan fingerprint density at radius 2 is 1.81 bits per heavy atom. The first-order chi connectivity index (χ1) is 11.9. The molecule has 144 valence electrons. The maximum absolute atomic E-state index is 11.7. The van der Waals surface area contributed by atoms with Crippen molar-refractivity contribution < 1.29 is 14.0 Å². The summed E-state index contributed by atoms with van der Waals surface area (Å²) in [6.07, 6.45) is 2.39. The molecule has 0 aliphatic carbocycles. The monoisotopic (exact) mass is 375 g/mol. The van der Waals surface area contributed by atoms with Gasteiger partial charge in [0.1, 0.15) is 5.60 Å². The largest absolute Gasteiger partial charge is 0.450 e. The third-order valence-corrected chi connectivity index (χ3v) is 9.90. The van der Waals surface area contributed by atoms with E-state index in [2.05, 4.69) is 51.3 Å². The number of rotatable bonds is 7. The molecule has 5 heteroatoms. The molecule has 0 amide bonds. The molecule has 1 aliphatic heterocycles. The summed E-state index contributed by atoms with van der Waals surface area (Å²) in [4.78, 5) is 11.7. The molecule has 4 nitrogen and oxygen atoms in total. The Hall–Kier alpha value is -1.59. The van der Waals surface area contributed by atoms with Gasteiger partial charge in [-0.25, -0.2) is 4.79 Å². The normalized spacial score (nSPS) is 18.3.